The second kappa shape index (κ2) is 4.84. The van der Waals surface area contributed by atoms with E-state index in [0.717, 1.165) is 32.8 Å². The first-order valence-electron chi connectivity index (χ1n) is 7.13. The molecule has 0 amide bonds. The van der Waals surface area contributed by atoms with E-state index >= 15 is 0 Å². The maximum absolute atomic E-state index is 6.02. The van der Waals surface area contributed by atoms with Gasteiger partial charge in [0.25, 0.3) is 0 Å². The molecule has 1 aliphatic carbocycles. The predicted molar refractivity (Wildman–Crippen MR) is 68.0 cm³/mol. The highest BCUT2D eigenvalue weighted by molar-refractivity contribution is 4.98. The van der Waals surface area contributed by atoms with Crippen molar-refractivity contribution in [3.63, 3.8) is 0 Å². The van der Waals surface area contributed by atoms with Gasteiger partial charge in [0.15, 0.2) is 0 Å². The van der Waals surface area contributed by atoms with E-state index in [1.807, 2.05) is 0 Å². The molecule has 0 bridgehead atoms. The number of ether oxygens (including phenoxy) is 1. The Bertz CT molecular complexity index is 267. The maximum Gasteiger partial charge on any atom is 0.0697 e. The molecule has 3 rings (SSSR count). The highest BCUT2D eigenvalue weighted by atomic mass is 16.5. The molecule has 2 unspecified atom stereocenters. The van der Waals surface area contributed by atoms with Gasteiger partial charge in [-0.1, -0.05) is 0 Å². The summed E-state index contributed by atoms with van der Waals surface area (Å²) in [7, 11) is 0. The van der Waals surface area contributed by atoms with Crippen LogP contribution in [0.3, 0.4) is 0 Å². The summed E-state index contributed by atoms with van der Waals surface area (Å²) in [5, 5.41) is 3.45. The Morgan fingerprint density at radius 1 is 1.41 bits per heavy atom. The molecule has 0 aromatic carbocycles. The van der Waals surface area contributed by atoms with Crippen LogP contribution in [0.2, 0.25) is 0 Å². The van der Waals surface area contributed by atoms with E-state index in [2.05, 4.69) is 10.2 Å². The molecule has 0 aromatic rings. The third-order valence-electron chi connectivity index (χ3n) is 4.87. The molecule has 98 valence electrons. The van der Waals surface area contributed by atoms with E-state index in [-0.39, 0.29) is 5.60 Å². The van der Waals surface area contributed by atoms with Crippen molar-refractivity contribution in [2.75, 3.05) is 32.8 Å². The van der Waals surface area contributed by atoms with Gasteiger partial charge < -0.3 is 15.8 Å². The first kappa shape index (κ1) is 11.9. The van der Waals surface area contributed by atoms with Gasteiger partial charge in [-0.3, -0.25) is 4.90 Å². The molecule has 2 aliphatic heterocycles. The van der Waals surface area contributed by atoms with E-state index in [0.29, 0.717) is 12.1 Å². The number of hydrogen-bond acceptors (Lipinski definition) is 4. The lowest BCUT2D eigenvalue weighted by molar-refractivity contribution is -0.152. The standard InChI is InChI=1S/C13H25N3O/c14-9-12-10-15-5-6-16(12)11-2-7-17-13(8-11)3-1-4-13/h11-12,15H,1-10,14H2. The summed E-state index contributed by atoms with van der Waals surface area (Å²) < 4.78 is 6.02. The van der Waals surface area contributed by atoms with Crippen LogP contribution in [0, 0.1) is 0 Å². The third kappa shape index (κ3) is 2.24. The Morgan fingerprint density at radius 3 is 3.00 bits per heavy atom. The van der Waals surface area contributed by atoms with Crippen molar-refractivity contribution in [3.8, 4) is 0 Å². The monoisotopic (exact) mass is 239 g/mol. The predicted octanol–water partition coefficient (Wildman–Crippen LogP) is 0.321. The van der Waals surface area contributed by atoms with Gasteiger partial charge in [0.05, 0.1) is 5.60 Å². The van der Waals surface area contributed by atoms with Gasteiger partial charge in [0.1, 0.15) is 0 Å². The van der Waals surface area contributed by atoms with Crippen LogP contribution in [0.1, 0.15) is 32.1 Å². The van der Waals surface area contributed by atoms with Gasteiger partial charge in [-0.05, 0) is 32.1 Å². The molecule has 4 nitrogen and oxygen atoms in total. The molecule has 3 aliphatic rings. The molecule has 0 aromatic heterocycles. The summed E-state index contributed by atoms with van der Waals surface area (Å²) in [4.78, 5) is 2.65. The van der Waals surface area contributed by atoms with Crippen LogP contribution >= 0.6 is 0 Å². The lowest BCUT2D eigenvalue weighted by atomic mass is 9.73. The maximum atomic E-state index is 6.02. The van der Waals surface area contributed by atoms with Gasteiger partial charge in [-0.25, -0.2) is 0 Å². The van der Waals surface area contributed by atoms with Crippen molar-refractivity contribution in [2.24, 2.45) is 5.73 Å². The highest BCUT2D eigenvalue weighted by Crippen LogP contribution is 2.43. The van der Waals surface area contributed by atoms with Gasteiger partial charge in [-0.15, -0.1) is 0 Å². The fourth-order valence-electron chi connectivity index (χ4n) is 3.68. The number of hydrogen-bond donors (Lipinski definition) is 2. The molecule has 0 radical (unpaired) electrons. The Kier molecular flexibility index (Phi) is 3.39. The minimum atomic E-state index is 0.257. The minimum Gasteiger partial charge on any atom is -0.375 e. The number of nitrogens with zero attached hydrogens (tertiary/aromatic N) is 1. The Labute approximate surface area is 104 Å². The number of piperazine rings is 1. The van der Waals surface area contributed by atoms with E-state index in [1.54, 1.807) is 0 Å². The van der Waals surface area contributed by atoms with E-state index in [4.69, 9.17) is 10.5 Å². The second-order valence-electron chi connectivity index (χ2n) is 5.86. The zero-order valence-corrected chi connectivity index (χ0v) is 10.7. The number of rotatable bonds is 2. The molecule has 2 heterocycles. The van der Waals surface area contributed by atoms with Crippen molar-refractivity contribution in [1.82, 2.24) is 10.2 Å². The van der Waals surface area contributed by atoms with Crippen LogP contribution < -0.4 is 11.1 Å². The molecule has 4 heteroatoms. The fourth-order valence-corrected chi connectivity index (χ4v) is 3.68. The summed E-state index contributed by atoms with van der Waals surface area (Å²) in [6, 6.07) is 1.24. The lowest BCUT2D eigenvalue weighted by Crippen LogP contribution is -2.61. The van der Waals surface area contributed by atoms with E-state index in [1.165, 1.54) is 32.1 Å². The molecule has 2 atom stereocenters. The smallest absolute Gasteiger partial charge is 0.0697 e. The molecule has 3 fully saturated rings. The van der Waals surface area contributed by atoms with Crippen LogP contribution in [0.4, 0.5) is 0 Å². The SMILES string of the molecule is NCC1CNCCN1C1CCOC2(CCC2)C1. The van der Waals surface area contributed by atoms with Crippen LogP contribution in [0.25, 0.3) is 0 Å². The molecule has 3 N–H and O–H groups in total. The summed E-state index contributed by atoms with van der Waals surface area (Å²) in [5.41, 5.74) is 6.16. The second-order valence-corrected chi connectivity index (χ2v) is 5.86. The topological polar surface area (TPSA) is 50.5 Å². The number of nitrogens with two attached hydrogens (primary N) is 1. The van der Waals surface area contributed by atoms with Crippen LogP contribution in [0.15, 0.2) is 0 Å². The van der Waals surface area contributed by atoms with E-state index in [9.17, 15) is 0 Å². The first-order valence-corrected chi connectivity index (χ1v) is 7.13. The molecular formula is C13H25N3O. The third-order valence-corrected chi connectivity index (χ3v) is 4.87. The first-order chi connectivity index (χ1) is 8.33. The van der Waals surface area contributed by atoms with E-state index < -0.39 is 0 Å². The van der Waals surface area contributed by atoms with Gasteiger partial charge in [-0.2, -0.15) is 0 Å². The van der Waals surface area contributed by atoms with Crippen LogP contribution in [-0.4, -0.2) is 55.4 Å². The van der Waals surface area contributed by atoms with Gasteiger partial charge >= 0.3 is 0 Å². The van der Waals surface area contributed by atoms with Crippen molar-refractivity contribution in [3.05, 3.63) is 0 Å². The lowest BCUT2D eigenvalue weighted by Gasteiger charge is -2.51. The average molecular weight is 239 g/mol. The Balaban J connectivity index is 1.65. The zero-order chi connectivity index (χ0) is 11.7. The van der Waals surface area contributed by atoms with Gasteiger partial charge in [0, 0.05) is 44.9 Å². The normalized spacial score (nSPS) is 37.9. The summed E-state index contributed by atoms with van der Waals surface area (Å²) in [5.74, 6) is 0. The Morgan fingerprint density at radius 2 is 2.29 bits per heavy atom. The summed E-state index contributed by atoms with van der Waals surface area (Å²) in [6.45, 7) is 5.05. The molecule has 1 spiro atoms. The van der Waals surface area contributed by atoms with Crippen molar-refractivity contribution < 1.29 is 4.74 Å². The summed E-state index contributed by atoms with van der Waals surface area (Å²) in [6.07, 6.45) is 6.35. The molecule has 2 saturated heterocycles. The van der Waals surface area contributed by atoms with Crippen LogP contribution in [0.5, 0.6) is 0 Å². The molecule has 1 saturated carbocycles. The molecule has 17 heavy (non-hydrogen) atoms. The van der Waals surface area contributed by atoms with Crippen molar-refractivity contribution in [1.29, 1.82) is 0 Å². The zero-order valence-electron chi connectivity index (χ0n) is 10.7. The van der Waals surface area contributed by atoms with Crippen molar-refractivity contribution >= 4 is 0 Å². The van der Waals surface area contributed by atoms with Crippen molar-refractivity contribution in [2.45, 2.75) is 49.8 Å². The average Bonchev–Trinajstić information content (AvgIpc) is 2.37. The minimum absolute atomic E-state index is 0.257. The Hall–Kier alpha value is -0.160. The summed E-state index contributed by atoms with van der Waals surface area (Å²) >= 11 is 0. The fraction of sp³-hybridized carbons (Fsp3) is 1.00. The largest absolute Gasteiger partial charge is 0.375 e. The molecular weight excluding hydrogens is 214 g/mol. The quantitative estimate of drug-likeness (QED) is 0.729. The number of nitrogens with one attached hydrogen (secondary N) is 1. The highest BCUT2D eigenvalue weighted by Gasteiger charge is 2.44. The van der Waals surface area contributed by atoms with Crippen LogP contribution in [-0.2, 0) is 4.74 Å². The van der Waals surface area contributed by atoms with Gasteiger partial charge in [0.2, 0.25) is 0 Å².